The van der Waals surface area contributed by atoms with E-state index in [2.05, 4.69) is 33.7 Å². The first-order valence-electron chi connectivity index (χ1n) is 11.1. The van der Waals surface area contributed by atoms with Gasteiger partial charge in [-0.25, -0.2) is 9.67 Å². The number of anilines is 1. The number of aryl methyl sites for hydroxylation is 1. The number of nitriles is 1. The highest BCUT2D eigenvalue weighted by Crippen LogP contribution is 2.20. The maximum absolute atomic E-state index is 13.2. The number of carbonyl (C=O) groups excluding carboxylic acids is 1. The molecule has 0 radical (unpaired) electrons. The predicted octanol–water partition coefficient (Wildman–Crippen LogP) is 4.52. The lowest BCUT2D eigenvalue weighted by Crippen LogP contribution is -2.35. The fourth-order valence-corrected chi connectivity index (χ4v) is 3.66. The topological polar surface area (TPSA) is 95.6 Å². The van der Waals surface area contributed by atoms with Crippen LogP contribution in [0.3, 0.4) is 0 Å². The normalized spacial score (nSPS) is 12.5. The molecule has 0 spiro atoms. The van der Waals surface area contributed by atoms with Gasteiger partial charge in [0, 0.05) is 12.7 Å². The molecule has 7 heteroatoms. The second kappa shape index (κ2) is 10.6. The van der Waals surface area contributed by atoms with Crippen molar-refractivity contribution in [3.05, 3.63) is 108 Å². The molecule has 0 aliphatic heterocycles. The standard InChI is InChI=1S/C27H26N6O/c1-19(22-10-8-21(16-28)9-11-22)17-30-26(23-6-4-3-5-7-23)27(34)31-25-13-12-24(18-29-25)33-15-14-20(2)32-33/h3-15,18-19,26,30H,17H2,1-2H3,(H,29,31,34)/t19-,26?/m1/s1. The van der Waals surface area contributed by atoms with Gasteiger partial charge in [-0.05, 0) is 54.3 Å². The zero-order valence-corrected chi connectivity index (χ0v) is 19.1. The van der Waals surface area contributed by atoms with E-state index in [1.54, 1.807) is 16.9 Å². The summed E-state index contributed by atoms with van der Waals surface area (Å²) in [6.07, 6.45) is 3.55. The number of nitrogens with zero attached hydrogens (tertiary/aromatic N) is 4. The Morgan fingerprint density at radius 3 is 2.41 bits per heavy atom. The Labute approximate surface area is 199 Å². The highest BCUT2D eigenvalue weighted by Gasteiger charge is 2.21. The van der Waals surface area contributed by atoms with E-state index >= 15 is 0 Å². The number of amides is 1. The number of benzene rings is 2. The van der Waals surface area contributed by atoms with E-state index < -0.39 is 6.04 Å². The molecule has 2 N–H and O–H groups in total. The lowest BCUT2D eigenvalue weighted by Gasteiger charge is -2.21. The molecule has 34 heavy (non-hydrogen) atoms. The minimum atomic E-state index is -0.544. The Balaban J connectivity index is 1.46. The molecule has 0 fully saturated rings. The van der Waals surface area contributed by atoms with Crippen LogP contribution in [0.15, 0.2) is 85.2 Å². The van der Waals surface area contributed by atoms with Crippen LogP contribution in [0.4, 0.5) is 5.82 Å². The van der Waals surface area contributed by atoms with Crippen LogP contribution in [0.5, 0.6) is 0 Å². The molecule has 4 rings (SSSR count). The van der Waals surface area contributed by atoms with E-state index in [9.17, 15) is 4.79 Å². The summed E-state index contributed by atoms with van der Waals surface area (Å²) < 4.78 is 1.74. The smallest absolute Gasteiger partial charge is 0.247 e. The lowest BCUT2D eigenvalue weighted by atomic mass is 9.98. The van der Waals surface area contributed by atoms with Gasteiger partial charge in [0.1, 0.15) is 11.9 Å². The van der Waals surface area contributed by atoms with Gasteiger partial charge in [0.15, 0.2) is 0 Å². The number of carbonyl (C=O) groups is 1. The molecule has 1 amide bonds. The van der Waals surface area contributed by atoms with Gasteiger partial charge >= 0.3 is 0 Å². The van der Waals surface area contributed by atoms with E-state index in [0.29, 0.717) is 17.9 Å². The summed E-state index contributed by atoms with van der Waals surface area (Å²) in [5, 5.41) is 19.7. The van der Waals surface area contributed by atoms with Crippen LogP contribution in [0, 0.1) is 18.3 Å². The molecule has 1 unspecified atom stereocenters. The second-order valence-electron chi connectivity index (χ2n) is 8.18. The molecule has 0 bridgehead atoms. The van der Waals surface area contributed by atoms with Crippen molar-refractivity contribution >= 4 is 11.7 Å². The van der Waals surface area contributed by atoms with Crippen LogP contribution in [0.25, 0.3) is 5.69 Å². The van der Waals surface area contributed by atoms with Crippen molar-refractivity contribution in [3.8, 4) is 11.8 Å². The maximum Gasteiger partial charge on any atom is 0.247 e. The van der Waals surface area contributed by atoms with Crippen LogP contribution in [0.2, 0.25) is 0 Å². The van der Waals surface area contributed by atoms with Crippen LogP contribution in [-0.4, -0.2) is 27.2 Å². The zero-order chi connectivity index (χ0) is 23.9. The van der Waals surface area contributed by atoms with Crippen molar-refractivity contribution < 1.29 is 4.79 Å². The Morgan fingerprint density at radius 1 is 1.03 bits per heavy atom. The van der Waals surface area contributed by atoms with Crippen molar-refractivity contribution in [3.63, 3.8) is 0 Å². The summed E-state index contributed by atoms with van der Waals surface area (Å²) >= 11 is 0. The van der Waals surface area contributed by atoms with Crippen LogP contribution in [0.1, 0.15) is 41.3 Å². The van der Waals surface area contributed by atoms with Gasteiger partial charge in [0.25, 0.3) is 0 Å². The Morgan fingerprint density at radius 2 is 1.79 bits per heavy atom. The molecular weight excluding hydrogens is 424 g/mol. The van der Waals surface area contributed by atoms with Gasteiger partial charge in [0.05, 0.1) is 29.2 Å². The number of nitrogens with one attached hydrogen (secondary N) is 2. The van der Waals surface area contributed by atoms with E-state index in [0.717, 1.165) is 22.5 Å². The highest BCUT2D eigenvalue weighted by molar-refractivity contribution is 5.94. The average molecular weight is 451 g/mol. The average Bonchev–Trinajstić information content (AvgIpc) is 3.31. The highest BCUT2D eigenvalue weighted by atomic mass is 16.2. The molecule has 0 aliphatic rings. The van der Waals surface area contributed by atoms with Crippen LogP contribution in [-0.2, 0) is 4.79 Å². The molecule has 0 saturated heterocycles. The van der Waals surface area contributed by atoms with Gasteiger partial charge in [-0.2, -0.15) is 10.4 Å². The molecule has 170 valence electrons. The molecule has 0 saturated carbocycles. The maximum atomic E-state index is 13.2. The van der Waals surface area contributed by atoms with Crippen molar-refractivity contribution in [2.75, 3.05) is 11.9 Å². The van der Waals surface area contributed by atoms with E-state index in [4.69, 9.17) is 5.26 Å². The molecule has 2 aromatic heterocycles. The molecular formula is C27H26N6O. The van der Waals surface area contributed by atoms with E-state index in [1.807, 2.05) is 79.9 Å². The number of hydrogen-bond acceptors (Lipinski definition) is 5. The zero-order valence-electron chi connectivity index (χ0n) is 19.1. The third-order valence-corrected chi connectivity index (χ3v) is 5.62. The van der Waals surface area contributed by atoms with Crippen molar-refractivity contribution in [2.24, 2.45) is 0 Å². The summed E-state index contributed by atoms with van der Waals surface area (Å²) in [6.45, 7) is 4.60. The molecule has 2 heterocycles. The predicted molar refractivity (Wildman–Crippen MR) is 131 cm³/mol. The molecule has 4 aromatic rings. The summed E-state index contributed by atoms with van der Waals surface area (Å²) in [4.78, 5) is 17.6. The Kier molecular flexibility index (Phi) is 7.11. The first kappa shape index (κ1) is 22.9. The van der Waals surface area contributed by atoms with E-state index in [1.165, 1.54) is 0 Å². The van der Waals surface area contributed by atoms with Gasteiger partial charge < -0.3 is 10.6 Å². The second-order valence-corrected chi connectivity index (χ2v) is 8.18. The third-order valence-electron chi connectivity index (χ3n) is 5.62. The van der Waals surface area contributed by atoms with Crippen molar-refractivity contribution in [2.45, 2.75) is 25.8 Å². The summed E-state index contributed by atoms with van der Waals surface area (Å²) in [5.41, 5.74) is 4.34. The minimum Gasteiger partial charge on any atom is -0.309 e. The van der Waals surface area contributed by atoms with Crippen LogP contribution < -0.4 is 10.6 Å². The number of pyridine rings is 1. The minimum absolute atomic E-state index is 0.154. The van der Waals surface area contributed by atoms with Gasteiger partial charge in [-0.15, -0.1) is 0 Å². The summed E-state index contributed by atoms with van der Waals surface area (Å²) in [5.74, 6) is 0.440. The molecule has 0 aliphatic carbocycles. The monoisotopic (exact) mass is 450 g/mol. The fourth-order valence-electron chi connectivity index (χ4n) is 3.66. The number of hydrogen-bond donors (Lipinski definition) is 2. The molecule has 2 atom stereocenters. The van der Waals surface area contributed by atoms with Crippen molar-refractivity contribution in [1.82, 2.24) is 20.1 Å². The Bertz CT molecular complexity index is 1270. The first-order valence-corrected chi connectivity index (χ1v) is 11.1. The van der Waals surface area contributed by atoms with Gasteiger partial charge in [-0.1, -0.05) is 49.4 Å². The van der Waals surface area contributed by atoms with Crippen LogP contribution >= 0.6 is 0 Å². The Hall–Kier alpha value is -4.28. The lowest BCUT2D eigenvalue weighted by molar-refractivity contribution is -0.118. The molecule has 7 nitrogen and oxygen atoms in total. The molecule has 2 aromatic carbocycles. The number of aromatic nitrogens is 3. The van der Waals surface area contributed by atoms with E-state index in [-0.39, 0.29) is 11.8 Å². The largest absolute Gasteiger partial charge is 0.309 e. The van der Waals surface area contributed by atoms with Gasteiger partial charge in [0.2, 0.25) is 5.91 Å². The first-order chi connectivity index (χ1) is 16.5. The quantitative estimate of drug-likeness (QED) is 0.411. The SMILES string of the molecule is Cc1ccn(-c2ccc(NC(=O)C(NC[C@@H](C)c3ccc(C#N)cc3)c3ccccc3)nc2)n1. The summed E-state index contributed by atoms with van der Waals surface area (Å²) in [6, 6.07) is 24.3. The van der Waals surface area contributed by atoms with Crippen molar-refractivity contribution in [1.29, 1.82) is 5.26 Å². The third kappa shape index (κ3) is 5.55. The fraction of sp³-hybridized carbons (Fsp3) is 0.185. The van der Waals surface area contributed by atoms with Gasteiger partial charge in [-0.3, -0.25) is 4.79 Å². The number of rotatable bonds is 8. The summed E-state index contributed by atoms with van der Waals surface area (Å²) in [7, 11) is 0.